The number of amides is 1. The number of rotatable bonds is 0. The standard InChI is InChI=1S/C16H22N2O2/c1-16(2,3)20-15(19)18-8-12-10-6-4-5-7-11(10)14(17)13(12)9-18/h4-7,12-14H,8-9,17H2,1-3H3/t12-,13-,14-/m0/s1. The van der Waals surface area contributed by atoms with Gasteiger partial charge in [0.2, 0.25) is 0 Å². The molecule has 0 saturated carbocycles. The lowest BCUT2D eigenvalue weighted by Gasteiger charge is -2.25. The van der Waals surface area contributed by atoms with Crippen LogP contribution in [0.4, 0.5) is 4.79 Å². The Kier molecular flexibility index (Phi) is 3.01. The number of benzene rings is 1. The van der Waals surface area contributed by atoms with E-state index >= 15 is 0 Å². The molecule has 1 amide bonds. The molecule has 1 aromatic carbocycles. The van der Waals surface area contributed by atoms with Gasteiger partial charge in [0.05, 0.1) is 0 Å². The lowest BCUT2D eigenvalue weighted by Crippen LogP contribution is -2.36. The number of likely N-dealkylation sites (tertiary alicyclic amines) is 1. The maximum atomic E-state index is 12.2. The van der Waals surface area contributed by atoms with Crippen molar-refractivity contribution in [3.63, 3.8) is 0 Å². The molecule has 4 nitrogen and oxygen atoms in total. The van der Waals surface area contributed by atoms with Gasteiger partial charge in [0, 0.05) is 31.0 Å². The van der Waals surface area contributed by atoms with Gasteiger partial charge in [-0.2, -0.15) is 0 Å². The summed E-state index contributed by atoms with van der Waals surface area (Å²) in [4.78, 5) is 14.0. The van der Waals surface area contributed by atoms with Gasteiger partial charge in [0.1, 0.15) is 5.60 Å². The van der Waals surface area contributed by atoms with Crippen molar-refractivity contribution in [2.75, 3.05) is 13.1 Å². The SMILES string of the molecule is CC(C)(C)OC(=O)N1C[C@@H]2[C@@H](N)c3ccccc3[C@@H]2C1. The normalized spacial score (nSPS) is 28.2. The molecular weight excluding hydrogens is 252 g/mol. The monoisotopic (exact) mass is 274 g/mol. The summed E-state index contributed by atoms with van der Waals surface area (Å²) in [6.07, 6.45) is -0.225. The highest BCUT2D eigenvalue weighted by molar-refractivity contribution is 5.69. The van der Waals surface area contributed by atoms with Crippen molar-refractivity contribution >= 4 is 6.09 Å². The van der Waals surface area contributed by atoms with Crippen molar-refractivity contribution in [1.82, 2.24) is 4.90 Å². The van der Waals surface area contributed by atoms with Crippen molar-refractivity contribution in [2.45, 2.75) is 38.3 Å². The molecular formula is C16H22N2O2. The van der Waals surface area contributed by atoms with E-state index in [1.54, 1.807) is 4.90 Å². The van der Waals surface area contributed by atoms with Gasteiger partial charge in [-0.05, 0) is 31.9 Å². The van der Waals surface area contributed by atoms with E-state index in [2.05, 4.69) is 12.1 Å². The first kappa shape index (κ1) is 13.4. The molecule has 108 valence electrons. The zero-order valence-electron chi connectivity index (χ0n) is 12.3. The van der Waals surface area contributed by atoms with Crippen LogP contribution >= 0.6 is 0 Å². The van der Waals surface area contributed by atoms with Crippen LogP contribution < -0.4 is 5.73 Å². The average Bonchev–Trinajstić information content (AvgIpc) is 2.89. The molecule has 1 heterocycles. The van der Waals surface area contributed by atoms with Crippen LogP contribution in [0.5, 0.6) is 0 Å². The summed E-state index contributed by atoms with van der Waals surface area (Å²) >= 11 is 0. The van der Waals surface area contributed by atoms with Gasteiger partial charge >= 0.3 is 6.09 Å². The molecule has 0 bridgehead atoms. The molecule has 1 aliphatic carbocycles. The minimum absolute atomic E-state index is 0.0311. The van der Waals surface area contributed by atoms with E-state index in [-0.39, 0.29) is 12.1 Å². The van der Waals surface area contributed by atoms with Crippen LogP contribution in [0, 0.1) is 5.92 Å². The summed E-state index contributed by atoms with van der Waals surface area (Å²) in [5, 5.41) is 0. The predicted molar refractivity (Wildman–Crippen MR) is 77.4 cm³/mol. The minimum atomic E-state index is -0.450. The molecule has 20 heavy (non-hydrogen) atoms. The molecule has 2 N–H and O–H groups in total. The number of hydrogen-bond donors (Lipinski definition) is 1. The zero-order chi connectivity index (χ0) is 14.5. The van der Waals surface area contributed by atoms with E-state index in [0.29, 0.717) is 24.9 Å². The summed E-state index contributed by atoms with van der Waals surface area (Å²) in [7, 11) is 0. The van der Waals surface area contributed by atoms with E-state index in [9.17, 15) is 4.79 Å². The first-order chi connectivity index (χ1) is 9.37. The lowest BCUT2D eigenvalue weighted by molar-refractivity contribution is 0.0284. The molecule has 1 saturated heterocycles. The number of carbonyl (C=O) groups is 1. The zero-order valence-corrected chi connectivity index (χ0v) is 12.3. The van der Waals surface area contributed by atoms with Gasteiger partial charge in [-0.15, -0.1) is 0 Å². The first-order valence-corrected chi connectivity index (χ1v) is 7.19. The fourth-order valence-electron chi connectivity index (χ4n) is 3.38. The summed E-state index contributed by atoms with van der Waals surface area (Å²) in [6.45, 7) is 7.08. The number of carbonyl (C=O) groups excluding carboxylic acids is 1. The molecule has 4 heteroatoms. The highest BCUT2D eigenvalue weighted by Crippen LogP contribution is 2.48. The largest absolute Gasteiger partial charge is 0.444 e. The van der Waals surface area contributed by atoms with Crippen molar-refractivity contribution in [3.8, 4) is 0 Å². The van der Waals surface area contributed by atoms with Crippen LogP contribution in [0.1, 0.15) is 43.9 Å². The smallest absolute Gasteiger partial charge is 0.410 e. The lowest BCUT2D eigenvalue weighted by atomic mass is 9.95. The molecule has 2 aliphatic rings. The van der Waals surface area contributed by atoms with Gasteiger partial charge in [-0.25, -0.2) is 4.79 Å². The van der Waals surface area contributed by atoms with E-state index in [1.165, 1.54) is 11.1 Å². The Hall–Kier alpha value is -1.55. The summed E-state index contributed by atoms with van der Waals surface area (Å²) in [6, 6.07) is 8.35. The number of hydrogen-bond acceptors (Lipinski definition) is 3. The molecule has 1 aromatic rings. The minimum Gasteiger partial charge on any atom is -0.444 e. The molecule has 1 fully saturated rings. The quantitative estimate of drug-likeness (QED) is 0.791. The maximum absolute atomic E-state index is 12.2. The third-order valence-electron chi connectivity index (χ3n) is 4.23. The van der Waals surface area contributed by atoms with Crippen molar-refractivity contribution < 1.29 is 9.53 Å². The molecule has 0 radical (unpaired) electrons. The Morgan fingerprint density at radius 2 is 1.90 bits per heavy atom. The molecule has 0 spiro atoms. The third-order valence-corrected chi connectivity index (χ3v) is 4.23. The second-order valence-electron chi connectivity index (χ2n) is 6.81. The number of nitrogens with two attached hydrogens (primary N) is 1. The molecule has 0 aromatic heterocycles. The Labute approximate surface area is 119 Å². The average molecular weight is 274 g/mol. The van der Waals surface area contributed by atoms with Crippen molar-refractivity contribution in [3.05, 3.63) is 35.4 Å². The highest BCUT2D eigenvalue weighted by Gasteiger charge is 2.46. The number of ether oxygens (including phenoxy) is 1. The van der Waals surface area contributed by atoms with Crippen LogP contribution in [0.25, 0.3) is 0 Å². The summed E-state index contributed by atoms with van der Waals surface area (Å²) in [5.74, 6) is 0.675. The van der Waals surface area contributed by atoms with Crippen LogP contribution in [0.15, 0.2) is 24.3 Å². The Morgan fingerprint density at radius 3 is 2.55 bits per heavy atom. The molecule has 3 atom stereocenters. The van der Waals surface area contributed by atoms with Crippen LogP contribution in [0.2, 0.25) is 0 Å². The van der Waals surface area contributed by atoms with Crippen molar-refractivity contribution in [1.29, 1.82) is 0 Å². The second-order valence-corrected chi connectivity index (χ2v) is 6.81. The Balaban J connectivity index is 1.77. The number of nitrogens with zero attached hydrogens (tertiary/aromatic N) is 1. The van der Waals surface area contributed by atoms with Gasteiger partial charge in [0.25, 0.3) is 0 Å². The topological polar surface area (TPSA) is 55.6 Å². The molecule has 1 aliphatic heterocycles. The highest BCUT2D eigenvalue weighted by atomic mass is 16.6. The van der Waals surface area contributed by atoms with Crippen LogP contribution in [0.3, 0.4) is 0 Å². The summed E-state index contributed by atoms with van der Waals surface area (Å²) in [5.41, 5.74) is 8.44. The fraction of sp³-hybridized carbons (Fsp3) is 0.562. The molecule has 3 rings (SSSR count). The Bertz CT molecular complexity index is 536. The maximum Gasteiger partial charge on any atom is 0.410 e. The van der Waals surface area contributed by atoms with Gasteiger partial charge in [0.15, 0.2) is 0 Å². The van der Waals surface area contributed by atoms with Crippen LogP contribution in [-0.4, -0.2) is 29.7 Å². The van der Waals surface area contributed by atoms with E-state index < -0.39 is 5.60 Å². The second kappa shape index (κ2) is 4.48. The predicted octanol–water partition coefficient (Wildman–Crippen LogP) is 2.65. The van der Waals surface area contributed by atoms with Gasteiger partial charge in [-0.3, -0.25) is 0 Å². The first-order valence-electron chi connectivity index (χ1n) is 7.19. The van der Waals surface area contributed by atoms with E-state index in [0.717, 1.165) is 0 Å². The summed E-state index contributed by atoms with van der Waals surface area (Å²) < 4.78 is 5.46. The van der Waals surface area contributed by atoms with Crippen molar-refractivity contribution in [2.24, 2.45) is 11.7 Å². The number of fused-ring (bicyclic) bond motifs is 3. The van der Waals surface area contributed by atoms with E-state index in [1.807, 2.05) is 32.9 Å². The fourth-order valence-corrected chi connectivity index (χ4v) is 3.38. The third kappa shape index (κ3) is 2.18. The van der Waals surface area contributed by atoms with E-state index in [4.69, 9.17) is 10.5 Å². The van der Waals surface area contributed by atoms with Gasteiger partial charge in [-0.1, -0.05) is 24.3 Å². The Morgan fingerprint density at radius 1 is 1.25 bits per heavy atom. The molecule has 0 unspecified atom stereocenters. The van der Waals surface area contributed by atoms with Gasteiger partial charge < -0.3 is 15.4 Å². The van der Waals surface area contributed by atoms with Crippen LogP contribution in [-0.2, 0) is 4.74 Å².